The lowest BCUT2D eigenvalue weighted by Crippen LogP contribution is -2.22. The average molecular weight is 211 g/mol. The number of furan rings is 1. The zero-order chi connectivity index (χ0) is 10.8. The minimum atomic E-state index is 0.804. The van der Waals surface area contributed by atoms with Crippen molar-refractivity contribution in [3.8, 4) is 0 Å². The normalized spacial score (nSPS) is 10.7. The van der Waals surface area contributed by atoms with Crippen LogP contribution in [0.25, 0.3) is 0 Å². The highest BCUT2D eigenvalue weighted by molar-refractivity contribution is 4.98. The fourth-order valence-corrected chi connectivity index (χ4v) is 1.28. The topological polar surface area (TPSA) is 34.4 Å². The van der Waals surface area contributed by atoms with E-state index in [1.54, 1.807) is 6.26 Å². The van der Waals surface area contributed by atoms with Crippen LogP contribution in [0.15, 0.2) is 22.8 Å². The number of hydrogen-bond donors (Lipinski definition) is 1. The van der Waals surface area contributed by atoms with E-state index in [4.69, 9.17) is 9.15 Å². The van der Waals surface area contributed by atoms with Gasteiger partial charge in [-0.1, -0.05) is 13.3 Å². The standard InChI is InChI=1S/C12H21NO2/c1-2-3-9-14-11-8-13-7-6-12-5-4-10-15-12/h4-5,10,13H,2-3,6-9,11H2,1H3. The number of hydrogen-bond acceptors (Lipinski definition) is 3. The fraction of sp³-hybridized carbons (Fsp3) is 0.667. The number of ether oxygens (including phenoxy) is 1. The van der Waals surface area contributed by atoms with Gasteiger partial charge in [0.15, 0.2) is 0 Å². The predicted octanol–water partition coefficient (Wildman–Crippen LogP) is 2.23. The molecule has 0 spiro atoms. The van der Waals surface area contributed by atoms with Gasteiger partial charge in [0, 0.05) is 26.1 Å². The largest absolute Gasteiger partial charge is 0.469 e. The molecule has 1 heterocycles. The van der Waals surface area contributed by atoms with E-state index in [1.165, 1.54) is 6.42 Å². The molecule has 0 saturated carbocycles. The minimum absolute atomic E-state index is 0.804. The molecular weight excluding hydrogens is 190 g/mol. The fourth-order valence-electron chi connectivity index (χ4n) is 1.28. The quantitative estimate of drug-likeness (QED) is 0.636. The van der Waals surface area contributed by atoms with Gasteiger partial charge in [0.25, 0.3) is 0 Å². The van der Waals surface area contributed by atoms with E-state index in [9.17, 15) is 0 Å². The first-order chi connectivity index (χ1) is 7.43. The number of nitrogens with one attached hydrogen (secondary N) is 1. The van der Waals surface area contributed by atoms with Crippen molar-refractivity contribution in [2.75, 3.05) is 26.3 Å². The molecule has 0 aliphatic rings. The molecule has 0 radical (unpaired) electrons. The lowest BCUT2D eigenvalue weighted by atomic mass is 10.3. The van der Waals surface area contributed by atoms with E-state index in [0.717, 1.165) is 44.9 Å². The van der Waals surface area contributed by atoms with Crippen LogP contribution in [0.4, 0.5) is 0 Å². The highest BCUT2D eigenvalue weighted by Crippen LogP contribution is 1.99. The van der Waals surface area contributed by atoms with Gasteiger partial charge in [-0.2, -0.15) is 0 Å². The Hall–Kier alpha value is -0.800. The summed E-state index contributed by atoms with van der Waals surface area (Å²) in [5.41, 5.74) is 0. The number of rotatable bonds is 9. The molecule has 15 heavy (non-hydrogen) atoms. The van der Waals surface area contributed by atoms with Crippen LogP contribution in [0.1, 0.15) is 25.5 Å². The molecule has 86 valence electrons. The van der Waals surface area contributed by atoms with Gasteiger partial charge in [0.1, 0.15) is 5.76 Å². The van der Waals surface area contributed by atoms with Crippen molar-refractivity contribution in [1.82, 2.24) is 5.32 Å². The first-order valence-corrected chi connectivity index (χ1v) is 5.74. The zero-order valence-corrected chi connectivity index (χ0v) is 9.50. The van der Waals surface area contributed by atoms with E-state index in [0.29, 0.717) is 0 Å². The van der Waals surface area contributed by atoms with Crippen LogP contribution >= 0.6 is 0 Å². The van der Waals surface area contributed by atoms with Crippen molar-refractivity contribution in [3.05, 3.63) is 24.2 Å². The summed E-state index contributed by atoms with van der Waals surface area (Å²) in [5, 5.41) is 3.32. The van der Waals surface area contributed by atoms with Gasteiger partial charge in [0.2, 0.25) is 0 Å². The summed E-state index contributed by atoms with van der Waals surface area (Å²) < 4.78 is 10.6. The molecule has 1 aromatic rings. The zero-order valence-electron chi connectivity index (χ0n) is 9.50. The molecule has 0 saturated heterocycles. The van der Waals surface area contributed by atoms with Gasteiger partial charge in [-0.3, -0.25) is 0 Å². The highest BCUT2D eigenvalue weighted by atomic mass is 16.5. The van der Waals surface area contributed by atoms with E-state index in [-0.39, 0.29) is 0 Å². The summed E-state index contributed by atoms with van der Waals surface area (Å²) in [6.45, 7) is 5.73. The van der Waals surface area contributed by atoms with E-state index >= 15 is 0 Å². The van der Waals surface area contributed by atoms with Crippen LogP contribution in [0.3, 0.4) is 0 Å². The molecule has 0 fully saturated rings. The molecule has 0 atom stereocenters. The first kappa shape index (κ1) is 12.3. The minimum Gasteiger partial charge on any atom is -0.469 e. The summed E-state index contributed by atoms with van der Waals surface area (Å²) in [4.78, 5) is 0. The maximum atomic E-state index is 5.43. The van der Waals surface area contributed by atoms with Gasteiger partial charge >= 0.3 is 0 Å². The third kappa shape index (κ3) is 6.31. The summed E-state index contributed by atoms with van der Waals surface area (Å²) >= 11 is 0. The molecule has 3 nitrogen and oxygen atoms in total. The highest BCUT2D eigenvalue weighted by Gasteiger charge is 1.94. The van der Waals surface area contributed by atoms with E-state index < -0.39 is 0 Å². The molecule has 1 N–H and O–H groups in total. The molecule has 0 aliphatic carbocycles. The van der Waals surface area contributed by atoms with Crippen molar-refractivity contribution in [2.24, 2.45) is 0 Å². The molecule has 0 aromatic carbocycles. The molecule has 3 heteroatoms. The molecule has 1 rings (SSSR count). The Labute approximate surface area is 91.8 Å². The Bertz CT molecular complexity index is 222. The lowest BCUT2D eigenvalue weighted by molar-refractivity contribution is 0.133. The molecule has 0 bridgehead atoms. The van der Waals surface area contributed by atoms with Crippen LogP contribution in [0.5, 0.6) is 0 Å². The van der Waals surface area contributed by atoms with Crippen LogP contribution in [-0.2, 0) is 11.2 Å². The maximum Gasteiger partial charge on any atom is 0.105 e. The third-order valence-corrected chi connectivity index (χ3v) is 2.19. The van der Waals surface area contributed by atoms with Crippen molar-refractivity contribution in [2.45, 2.75) is 26.2 Å². The third-order valence-electron chi connectivity index (χ3n) is 2.19. The predicted molar refractivity (Wildman–Crippen MR) is 61.0 cm³/mol. The second kappa shape index (κ2) is 8.50. The van der Waals surface area contributed by atoms with Gasteiger partial charge in [-0.05, 0) is 18.6 Å². The molecule has 1 aromatic heterocycles. The summed E-state index contributed by atoms with van der Waals surface area (Å²) in [6, 6.07) is 3.92. The summed E-state index contributed by atoms with van der Waals surface area (Å²) in [7, 11) is 0. The van der Waals surface area contributed by atoms with E-state index in [1.807, 2.05) is 12.1 Å². The Morgan fingerprint density at radius 2 is 2.27 bits per heavy atom. The van der Waals surface area contributed by atoms with Crippen molar-refractivity contribution in [3.63, 3.8) is 0 Å². The van der Waals surface area contributed by atoms with Gasteiger partial charge in [-0.15, -0.1) is 0 Å². The Morgan fingerprint density at radius 1 is 1.33 bits per heavy atom. The van der Waals surface area contributed by atoms with Crippen molar-refractivity contribution >= 4 is 0 Å². The summed E-state index contributed by atoms with van der Waals surface area (Å²) in [5.74, 6) is 1.04. The van der Waals surface area contributed by atoms with Crippen molar-refractivity contribution < 1.29 is 9.15 Å². The second-order valence-corrected chi connectivity index (χ2v) is 3.55. The molecule has 0 unspecified atom stereocenters. The number of unbranched alkanes of at least 4 members (excludes halogenated alkanes) is 1. The lowest BCUT2D eigenvalue weighted by Gasteiger charge is -2.04. The smallest absolute Gasteiger partial charge is 0.105 e. The van der Waals surface area contributed by atoms with Crippen LogP contribution in [-0.4, -0.2) is 26.3 Å². The van der Waals surface area contributed by atoms with Crippen LogP contribution < -0.4 is 5.32 Å². The molecule has 0 amide bonds. The maximum absolute atomic E-state index is 5.43. The first-order valence-electron chi connectivity index (χ1n) is 5.74. The Balaban J connectivity index is 1.81. The Morgan fingerprint density at radius 3 is 3.00 bits per heavy atom. The second-order valence-electron chi connectivity index (χ2n) is 3.55. The van der Waals surface area contributed by atoms with Crippen molar-refractivity contribution in [1.29, 1.82) is 0 Å². The Kier molecular flexibility index (Phi) is 6.96. The molecular formula is C12H21NO2. The van der Waals surface area contributed by atoms with E-state index in [2.05, 4.69) is 12.2 Å². The SMILES string of the molecule is CCCCOCCNCCc1ccco1. The monoisotopic (exact) mass is 211 g/mol. The van der Waals surface area contributed by atoms with Gasteiger partial charge in [0.05, 0.1) is 12.9 Å². The average Bonchev–Trinajstić information content (AvgIpc) is 2.75. The van der Waals surface area contributed by atoms with Crippen LogP contribution in [0, 0.1) is 0 Å². The van der Waals surface area contributed by atoms with Gasteiger partial charge in [-0.25, -0.2) is 0 Å². The van der Waals surface area contributed by atoms with Gasteiger partial charge < -0.3 is 14.5 Å². The van der Waals surface area contributed by atoms with Crippen LogP contribution in [0.2, 0.25) is 0 Å². The molecule has 0 aliphatic heterocycles. The summed E-state index contributed by atoms with van der Waals surface area (Å²) in [6.07, 6.45) is 5.02.